The van der Waals surface area contributed by atoms with Gasteiger partial charge in [0.05, 0.1) is 32.4 Å². The monoisotopic (exact) mass is 293 g/mol. The third-order valence-corrected chi connectivity index (χ3v) is 2.93. The van der Waals surface area contributed by atoms with Crippen molar-refractivity contribution < 1.29 is 9.47 Å². The molecule has 0 spiro atoms. The van der Waals surface area contributed by atoms with Crippen LogP contribution in [0.15, 0.2) is 35.3 Å². The second kappa shape index (κ2) is 11.1. The van der Waals surface area contributed by atoms with Crippen LogP contribution >= 0.6 is 0 Å². The highest BCUT2D eigenvalue weighted by Gasteiger charge is 2.06. The maximum absolute atomic E-state index is 5.40. The lowest BCUT2D eigenvalue weighted by Gasteiger charge is -2.18. The van der Waals surface area contributed by atoms with Gasteiger partial charge in [0, 0.05) is 13.7 Å². The second-order valence-corrected chi connectivity index (χ2v) is 4.64. The molecule has 1 unspecified atom stereocenters. The Balaban J connectivity index is 2.41. The van der Waals surface area contributed by atoms with E-state index in [4.69, 9.17) is 9.47 Å². The van der Waals surface area contributed by atoms with Gasteiger partial charge in [-0.25, -0.2) is 0 Å². The van der Waals surface area contributed by atoms with E-state index in [-0.39, 0.29) is 6.04 Å². The molecule has 1 atom stereocenters. The number of hydrogen-bond acceptors (Lipinski definition) is 3. The first kappa shape index (κ1) is 17.5. The molecule has 21 heavy (non-hydrogen) atoms. The molecule has 0 aromatic heterocycles. The van der Waals surface area contributed by atoms with Gasteiger partial charge in [-0.1, -0.05) is 30.3 Å². The molecule has 0 aliphatic rings. The van der Waals surface area contributed by atoms with E-state index in [1.54, 1.807) is 7.11 Å². The Kier molecular flexibility index (Phi) is 9.24. The summed E-state index contributed by atoms with van der Waals surface area (Å²) in [6.45, 7) is 7.46. The number of nitrogens with zero attached hydrogens (tertiary/aromatic N) is 1. The van der Waals surface area contributed by atoms with Crippen molar-refractivity contribution in [3.05, 3.63) is 35.9 Å². The predicted octanol–water partition coefficient (Wildman–Crippen LogP) is 1.97. The first-order valence-electron chi connectivity index (χ1n) is 7.44. The van der Waals surface area contributed by atoms with Gasteiger partial charge < -0.3 is 20.1 Å². The highest BCUT2D eigenvalue weighted by atomic mass is 16.5. The van der Waals surface area contributed by atoms with Gasteiger partial charge in [0.2, 0.25) is 0 Å². The summed E-state index contributed by atoms with van der Waals surface area (Å²) in [7, 11) is 1.67. The molecule has 1 aromatic carbocycles. The molecule has 1 rings (SSSR count). The minimum absolute atomic E-state index is 0.207. The lowest BCUT2D eigenvalue weighted by Crippen LogP contribution is -2.39. The van der Waals surface area contributed by atoms with E-state index < -0.39 is 0 Å². The van der Waals surface area contributed by atoms with Crippen molar-refractivity contribution in [2.24, 2.45) is 4.99 Å². The quantitative estimate of drug-likeness (QED) is 0.415. The van der Waals surface area contributed by atoms with Crippen LogP contribution in [0, 0.1) is 0 Å². The Bertz CT molecular complexity index is 396. The number of rotatable bonds is 9. The number of methoxy groups -OCH3 is 1. The van der Waals surface area contributed by atoms with Crippen LogP contribution in [0.3, 0.4) is 0 Å². The Hall–Kier alpha value is -1.59. The van der Waals surface area contributed by atoms with Gasteiger partial charge in [0.25, 0.3) is 0 Å². The number of nitrogens with one attached hydrogen (secondary N) is 2. The third-order valence-electron chi connectivity index (χ3n) is 2.93. The topological polar surface area (TPSA) is 54.9 Å². The molecule has 5 heteroatoms. The van der Waals surface area contributed by atoms with Crippen LogP contribution in [-0.4, -0.2) is 46.0 Å². The number of ether oxygens (including phenoxy) is 2. The molecule has 0 saturated heterocycles. The fraction of sp³-hybridized carbons (Fsp3) is 0.562. The van der Waals surface area contributed by atoms with Crippen LogP contribution in [-0.2, 0) is 9.47 Å². The molecule has 0 bridgehead atoms. The zero-order valence-corrected chi connectivity index (χ0v) is 13.3. The maximum Gasteiger partial charge on any atom is 0.191 e. The van der Waals surface area contributed by atoms with Gasteiger partial charge in [-0.15, -0.1) is 0 Å². The fourth-order valence-electron chi connectivity index (χ4n) is 1.82. The van der Waals surface area contributed by atoms with Crippen LogP contribution in [0.4, 0.5) is 0 Å². The number of guanidine groups is 1. The molecule has 5 nitrogen and oxygen atoms in total. The van der Waals surface area contributed by atoms with Crippen molar-refractivity contribution in [1.29, 1.82) is 0 Å². The molecule has 0 fully saturated rings. The van der Waals surface area contributed by atoms with E-state index >= 15 is 0 Å². The normalized spacial score (nSPS) is 13.0. The van der Waals surface area contributed by atoms with Crippen molar-refractivity contribution in [2.45, 2.75) is 19.9 Å². The Morgan fingerprint density at radius 3 is 2.62 bits per heavy atom. The Morgan fingerprint density at radius 2 is 1.95 bits per heavy atom. The highest BCUT2D eigenvalue weighted by molar-refractivity contribution is 5.80. The van der Waals surface area contributed by atoms with Crippen molar-refractivity contribution >= 4 is 5.96 Å². The van der Waals surface area contributed by atoms with Crippen LogP contribution in [0.5, 0.6) is 0 Å². The minimum atomic E-state index is 0.207. The summed E-state index contributed by atoms with van der Waals surface area (Å²) in [6.07, 6.45) is 0. The zero-order chi connectivity index (χ0) is 15.3. The fourth-order valence-corrected chi connectivity index (χ4v) is 1.82. The van der Waals surface area contributed by atoms with Gasteiger partial charge in [0.15, 0.2) is 5.96 Å². The zero-order valence-electron chi connectivity index (χ0n) is 13.3. The molecule has 0 aliphatic heterocycles. The van der Waals surface area contributed by atoms with Crippen LogP contribution < -0.4 is 10.6 Å². The number of hydrogen-bond donors (Lipinski definition) is 2. The standard InChI is InChI=1S/C16H27N3O2/c1-4-17-16(18-10-11-21-13-12-20-3)19-14(2)15-8-6-5-7-9-15/h5-9,14H,4,10-13H2,1-3H3,(H2,17,18,19). The Labute approximate surface area is 127 Å². The molecule has 1 aromatic rings. The average Bonchev–Trinajstić information content (AvgIpc) is 2.51. The molecular weight excluding hydrogens is 266 g/mol. The smallest absolute Gasteiger partial charge is 0.191 e. The van der Waals surface area contributed by atoms with Crippen molar-refractivity contribution in [1.82, 2.24) is 10.6 Å². The van der Waals surface area contributed by atoms with Crippen LogP contribution in [0.1, 0.15) is 25.5 Å². The molecule has 118 valence electrons. The molecule has 2 N–H and O–H groups in total. The summed E-state index contributed by atoms with van der Waals surface area (Å²) >= 11 is 0. The van der Waals surface area contributed by atoms with E-state index in [2.05, 4.69) is 41.6 Å². The lowest BCUT2D eigenvalue weighted by molar-refractivity contribution is 0.0748. The molecule has 0 amide bonds. The molecular formula is C16H27N3O2. The molecule has 0 heterocycles. The summed E-state index contributed by atoms with van der Waals surface area (Å²) in [6, 6.07) is 10.5. The summed E-state index contributed by atoms with van der Waals surface area (Å²) in [5.74, 6) is 0.809. The van der Waals surface area contributed by atoms with Crippen molar-refractivity contribution in [3.63, 3.8) is 0 Å². The lowest BCUT2D eigenvalue weighted by atomic mass is 10.1. The molecule has 0 saturated carbocycles. The summed E-state index contributed by atoms with van der Waals surface area (Å²) in [5.41, 5.74) is 1.24. The van der Waals surface area contributed by atoms with E-state index in [0.717, 1.165) is 12.5 Å². The first-order valence-corrected chi connectivity index (χ1v) is 7.44. The van der Waals surface area contributed by atoms with E-state index in [9.17, 15) is 0 Å². The van der Waals surface area contributed by atoms with Gasteiger partial charge in [0.1, 0.15) is 0 Å². The van der Waals surface area contributed by atoms with Gasteiger partial charge in [-0.05, 0) is 19.4 Å². The highest BCUT2D eigenvalue weighted by Crippen LogP contribution is 2.10. The second-order valence-electron chi connectivity index (χ2n) is 4.64. The maximum atomic E-state index is 5.40. The van der Waals surface area contributed by atoms with Gasteiger partial charge in [-0.2, -0.15) is 0 Å². The van der Waals surface area contributed by atoms with E-state index in [0.29, 0.717) is 26.4 Å². The van der Waals surface area contributed by atoms with E-state index in [1.807, 2.05) is 18.2 Å². The minimum Gasteiger partial charge on any atom is -0.382 e. The molecule has 0 aliphatic carbocycles. The SMILES string of the molecule is CCNC(=NCCOCCOC)NC(C)c1ccccc1. The number of benzene rings is 1. The summed E-state index contributed by atoms with van der Waals surface area (Å²) in [4.78, 5) is 4.51. The predicted molar refractivity (Wildman–Crippen MR) is 86.7 cm³/mol. The van der Waals surface area contributed by atoms with Crippen molar-refractivity contribution in [2.75, 3.05) is 40.0 Å². The van der Waals surface area contributed by atoms with Crippen molar-refractivity contribution in [3.8, 4) is 0 Å². The first-order chi connectivity index (χ1) is 10.3. The summed E-state index contributed by atoms with van der Waals surface area (Å²) < 4.78 is 10.3. The Morgan fingerprint density at radius 1 is 1.19 bits per heavy atom. The average molecular weight is 293 g/mol. The largest absolute Gasteiger partial charge is 0.382 e. The van der Waals surface area contributed by atoms with Gasteiger partial charge in [-0.3, -0.25) is 4.99 Å². The summed E-state index contributed by atoms with van der Waals surface area (Å²) in [5, 5.41) is 6.64. The third kappa shape index (κ3) is 7.68. The molecule has 0 radical (unpaired) electrons. The van der Waals surface area contributed by atoms with Gasteiger partial charge >= 0.3 is 0 Å². The van der Waals surface area contributed by atoms with Crippen LogP contribution in [0.25, 0.3) is 0 Å². The number of aliphatic imine (C=N–C) groups is 1. The van der Waals surface area contributed by atoms with E-state index in [1.165, 1.54) is 5.56 Å². The van der Waals surface area contributed by atoms with Crippen LogP contribution in [0.2, 0.25) is 0 Å².